The summed E-state index contributed by atoms with van der Waals surface area (Å²) < 4.78 is 23.7. The number of nitrogens with two attached hydrogens (primary N) is 1. The van der Waals surface area contributed by atoms with E-state index in [2.05, 4.69) is 15.5 Å². The molecule has 3 aliphatic heterocycles. The molecule has 232 valence electrons. The number of quaternary nitrogens is 1. The fourth-order valence-corrected chi connectivity index (χ4v) is 10.2. The lowest BCUT2D eigenvalue weighted by Gasteiger charge is -2.53. The van der Waals surface area contributed by atoms with Gasteiger partial charge in [0.15, 0.2) is 0 Å². The summed E-state index contributed by atoms with van der Waals surface area (Å²) in [5.41, 5.74) is 0. The van der Waals surface area contributed by atoms with Crippen LogP contribution in [0.25, 0.3) is 0 Å². The molecule has 0 bridgehead atoms. The summed E-state index contributed by atoms with van der Waals surface area (Å²) in [5.74, 6) is 2.22. The van der Waals surface area contributed by atoms with E-state index in [0.717, 1.165) is 70.9 Å². The summed E-state index contributed by atoms with van der Waals surface area (Å²) in [6, 6.07) is 1.05. The molecule has 0 spiro atoms. The second kappa shape index (κ2) is 12.8. The van der Waals surface area contributed by atoms with Crippen molar-refractivity contribution in [1.29, 1.82) is 0 Å². The number of nitrogens with one attached hydrogen (secondary N) is 1. The highest BCUT2D eigenvalue weighted by molar-refractivity contribution is 5.82. The number of nitrogens with zero attached hydrogens (tertiary/aromatic N) is 1. The molecule has 6 fully saturated rings. The maximum Gasteiger partial charge on any atom is 0.248 e. The molecule has 6 rings (SSSR count). The number of carbonyl (C=O) groups is 2. The van der Waals surface area contributed by atoms with E-state index in [-0.39, 0.29) is 36.2 Å². The van der Waals surface area contributed by atoms with E-state index in [9.17, 15) is 9.59 Å². The summed E-state index contributed by atoms with van der Waals surface area (Å²) in [5, 5.41) is 5.69. The molecule has 3 saturated carbocycles. The van der Waals surface area contributed by atoms with Gasteiger partial charge in [-0.3, -0.25) is 9.59 Å². The van der Waals surface area contributed by atoms with E-state index in [1.54, 1.807) is 21.3 Å². The number of piperidine rings is 2. The number of carbonyl (C=O) groups excluding carboxylic acids is 2. The molecular weight excluding hydrogens is 522 g/mol. The molecule has 0 aromatic heterocycles. The summed E-state index contributed by atoms with van der Waals surface area (Å²) in [4.78, 5) is 29.5. The largest absolute Gasteiger partial charge is 0.381 e. The van der Waals surface area contributed by atoms with E-state index >= 15 is 0 Å². The van der Waals surface area contributed by atoms with Crippen molar-refractivity contribution in [2.45, 2.75) is 126 Å². The zero-order chi connectivity index (χ0) is 28.7. The van der Waals surface area contributed by atoms with Crippen molar-refractivity contribution < 1.29 is 33.9 Å². The first-order chi connectivity index (χ1) is 19.9. The molecule has 0 radical (unpaired) electrons. The predicted molar refractivity (Wildman–Crippen MR) is 153 cm³/mol. The SMILES string of the molecule is COC1CCC(CCNC(=O)[C@H](C)OC2CCC3C(C2)C2CC[NH2+]C4C5CCC(OC)C(OC)C5C(=O)N3C24)CC1. The monoisotopic (exact) mass is 576 g/mol. The lowest BCUT2D eigenvalue weighted by atomic mass is 9.64. The molecule has 3 saturated heterocycles. The Morgan fingerprint density at radius 2 is 1.71 bits per heavy atom. The van der Waals surface area contributed by atoms with E-state index < -0.39 is 6.10 Å². The lowest BCUT2D eigenvalue weighted by Crippen LogP contribution is -2.99. The van der Waals surface area contributed by atoms with Crippen molar-refractivity contribution in [3.8, 4) is 0 Å². The van der Waals surface area contributed by atoms with Gasteiger partial charge in [0, 0.05) is 46.3 Å². The molecule has 9 heteroatoms. The van der Waals surface area contributed by atoms with Gasteiger partial charge < -0.3 is 34.5 Å². The second-order valence-electron chi connectivity index (χ2n) is 13.9. The summed E-state index contributed by atoms with van der Waals surface area (Å²) in [6.45, 7) is 3.75. The van der Waals surface area contributed by atoms with Gasteiger partial charge in [0.25, 0.3) is 0 Å². The zero-order valence-electron chi connectivity index (χ0n) is 25.7. The number of ether oxygens (including phenoxy) is 4. The van der Waals surface area contributed by atoms with Crippen LogP contribution in [0.2, 0.25) is 0 Å². The van der Waals surface area contributed by atoms with Crippen LogP contribution in [0.5, 0.6) is 0 Å². The Kier molecular flexibility index (Phi) is 9.28. The smallest absolute Gasteiger partial charge is 0.248 e. The number of methoxy groups -OCH3 is 3. The maximum absolute atomic E-state index is 14.2. The highest BCUT2D eigenvalue weighted by atomic mass is 16.5. The first-order valence-corrected chi connectivity index (χ1v) is 16.6. The third-order valence-electron chi connectivity index (χ3n) is 12.1. The molecule has 2 amide bonds. The minimum absolute atomic E-state index is 0.00595. The van der Waals surface area contributed by atoms with E-state index in [0.29, 0.717) is 47.8 Å². The minimum atomic E-state index is -0.449. The Morgan fingerprint density at radius 3 is 2.44 bits per heavy atom. The number of hydrogen-bond acceptors (Lipinski definition) is 6. The van der Waals surface area contributed by atoms with Gasteiger partial charge >= 0.3 is 0 Å². The van der Waals surface area contributed by atoms with Crippen molar-refractivity contribution in [1.82, 2.24) is 10.2 Å². The molecular formula is C32H54N3O6+. The van der Waals surface area contributed by atoms with Crippen molar-refractivity contribution in [3.05, 3.63) is 0 Å². The quantitative estimate of drug-likeness (QED) is 0.435. The van der Waals surface area contributed by atoms with Gasteiger partial charge in [-0.1, -0.05) is 0 Å². The molecule has 10 unspecified atom stereocenters. The summed E-state index contributed by atoms with van der Waals surface area (Å²) >= 11 is 0. The van der Waals surface area contributed by atoms with Crippen molar-refractivity contribution >= 4 is 11.8 Å². The van der Waals surface area contributed by atoms with Crippen LogP contribution in [0.4, 0.5) is 0 Å². The van der Waals surface area contributed by atoms with Crippen LogP contribution < -0.4 is 10.6 Å². The predicted octanol–water partition coefficient (Wildman–Crippen LogP) is 1.87. The zero-order valence-corrected chi connectivity index (χ0v) is 25.7. The minimum Gasteiger partial charge on any atom is -0.381 e. The fourth-order valence-electron chi connectivity index (χ4n) is 10.2. The van der Waals surface area contributed by atoms with E-state index in [1.807, 2.05) is 6.92 Å². The number of amides is 2. The van der Waals surface area contributed by atoms with Crippen molar-refractivity contribution in [2.75, 3.05) is 34.4 Å². The molecule has 3 N–H and O–H groups in total. The normalized spacial score (nSPS) is 44.5. The molecule has 11 atom stereocenters. The highest BCUT2D eigenvalue weighted by Gasteiger charge is 2.66. The standard InChI is InChI=1S/C32H53N3O6/c1-18(31(36)34-15-13-19-5-7-20(38-2)8-6-19)41-21-9-11-25-24(17-21)22-14-16-33-28-23-10-12-26(39-3)30(40-4)27(23)32(37)35(25)29(22)28/h18-30,33H,5-17H2,1-4H3,(H,34,36)/p+1/t18-,19?,20?,21?,22?,23?,24?,25?,26?,27?,28?,29?,30?/m0/s1. The van der Waals surface area contributed by atoms with Crippen LogP contribution >= 0.6 is 0 Å². The Hall–Kier alpha value is -1.26. The van der Waals surface area contributed by atoms with Gasteiger partial charge in [-0.25, -0.2) is 0 Å². The number of hydrogen-bond donors (Lipinski definition) is 2. The molecule has 41 heavy (non-hydrogen) atoms. The van der Waals surface area contributed by atoms with Crippen LogP contribution in [-0.4, -0.2) is 99.8 Å². The molecule has 0 aromatic rings. The maximum atomic E-state index is 14.2. The fraction of sp³-hybridized carbons (Fsp3) is 0.938. The van der Waals surface area contributed by atoms with Crippen LogP contribution in [0.3, 0.4) is 0 Å². The van der Waals surface area contributed by atoms with Crippen molar-refractivity contribution in [3.63, 3.8) is 0 Å². The average molecular weight is 577 g/mol. The van der Waals surface area contributed by atoms with Gasteiger partial charge in [-0.2, -0.15) is 0 Å². The van der Waals surface area contributed by atoms with Crippen molar-refractivity contribution in [2.24, 2.45) is 29.6 Å². The van der Waals surface area contributed by atoms with Gasteiger partial charge in [0.1, 0.15) is 12.1 Å². The van der Waals surface area contributed by atoms with Crippen LogP contribution in [0, 0.1) is 29.6 Å². The van der Waals surface area contributed by atoms with Gasteiger partial charge in [-0.15, -0.1) is 0 Å². The van der Waals surface area contributed by atoms with E-state index in [1.165, 1.54) is 12.8 Å². The Morgan fingerprint density at radius 1 is 0.927 bits per heavy atom. The molecule has 3 heterocycles. The topological polar surface area (TPSA) is 103 Å². The molecule has 6 aliphatic rings. The average Bonchev–Trinajstić information content (AvgIpc) is 3.34. The third-order valence-corrected chi connectivity index (χ3v) is 12.1. The summed E-state index contributed by atoms with van der Waals surface area (Å²) in [6.07, 6.45) is 11.5. The number of rotatable bonds is 9. The first kappa shape index (κ1) is 29.8. The van der Waals surface area contributed by atoms with Gasteiger partial charge in [-0.05, 0) is 88.9 Å². The highest BCUT2D eigenvalue weighted by Crippen LogP contribution is 2.53. The van der Waals surface area contributed by atoms with Crippen LogP contribution in [0.1, 0.15) is 77.6 Å². The first-order valence-electron chi connectivity index (χ1n) is 16.6. The second-order valence-corrected chi connectivity index (χ2v) is 13.9. The molecule has 9 nitrogen and oxygen atoms in total. The third kappa shape index (κ3) is 5.59. The Bertz CT molecular complexity index is 927. The van der Waals surface area contributed by atoms with Gasteiger partial charge in [0.2, 0.25) is 11.8 Å². The lowest BCUT2D eigenvalue weighted by molar-refractivity contribution is -0.713. The van der Waals surface area contributed by atoms with E-state index in [4.69, 9.17) is 18.9 Å². The molecule has 3 aliphatic carbocycles. The van der Waals surface area contributed by atoms with Gasteiger partial charge in [0.05, 0.1) is 42.9 Å². The summed E-state index contributed by atoms with van der Waals surface area (Å²) in [7, 11) is 5.30. The molecule has 0 aromatic carbocycles. The van der Waals surface area contributed by atoms with Crippen LogP contribution in [-0.2, 0) is 28.5 Å². The Balaban J connectivity index is 1.05. The number of fused-ring (bicyclic) bond motifs is 5. The van der Waals surface area contributed by atoms with Crippen LogP contribution in [0.15, 0.2) is 0 Å². The Labute approximate surface area is 246 Å².